The maximum atomic E-state index is 13.7. The topological polar surface area (TPSA) is 86.4 Å². The van der Waals surface area contributed by atoms with Gasteiger partial charge in [-0.1, -0.05) is 24.8 Å². The zero-order valence-corrected chi connectivity index (χ0v) is 19.9. The van der Waals surface area contributed by atoms with Gasteiger partial charge in [0.2, 0.25) is 5.91 Å². The van der Waals surface area contributed by atoms with Crippen LogP contribution in [0.4, 0.5) is 35.2 Å². The summed E-state index contributed by atoms with van der Waals surface area (Å²) in [6, 6.07) is 13.5. The number of nitrogens with zero attached hydrogens (tertiary/aromatic N) is 2. The van der Waals surface area contributed by atoms with Crippen molar-refractivity contribution in [1.82, 2.24) is 9.88 Å². The zero-order valence-electron chi connectivity index (χ0n) is 19.9. The largest absolute Gasteiger partial charge is 0.416 e. The van der Waals surface area contributed by atoms with Crippen LogP contribution in [0, 0.1) is 0 Å². The summed E-state index contributed by atoms with van der Waals surface area (Å²) >= 11 is 0. The Kier molecular flexibility index (Phi) is 7.88. The Hall–Kier alpha value is -4.18. The lowest BCUT2D eigenvalue weighted by Gasteiger charge is -2.20. The van der Waals surface area contributed by atoms with E-state index in [0.29, 0.717) is 11.5 Å². The number of hydrogen-bond acceptors (Lipinski definition) is 4. The predicted octanol–water partition coefficient (Wildman–Crippen LogP) is 6.13. The van der Waals surface area contributed by atoms with E-state index in [2.05, 4.69) is 27.5 Å². The molecule has 1 fully saturated rings. The number of carbonyl (C=O) groups is 2. The van der Waals surface area contributed by atoms with Gasteiger partial charge in [-0.2, -0.15) is 13.2 Å². The monoisotopic (exact) mass is 509 g/mol. The molecular formula is C27H26F3N5O2. The molecule has 0 bridgehead atoms. The highest BCUT2D eigenvalue weighted by Gasteiger charge is 2.34. The first-order valence-electron chi connectivity index (χ1n) is 11.7. The third-order valence-corrected chi connectivity index (χ3v) is 5.94. The average molecular weight is 510 g/mol. The molecule has 2 heterocycles. The van der Waals surface area contributed by atoms with Gasteiger partial charge < -0.3 is 16.0 Å². The van der Waals surface area contributed by atoms with E-state index in [1.165, 1.54) is 12.1 Å². The molecule has 3 N–H and O–H groups in total. The summed E-state index contributed by atoms with van der Waals surface area (Å²) in [4.78, 5) is 30.0. The summed E-state index contributed by atoms with van der Waals surface area (Å²) in [7, 11) is 0. The number of rotatable bonds is 7. The van der Waals surface area contributed by atoms with Gasteiger partial charge in [0, 0.05) is 29.7 Å². The third kappa shape index (κ3) is 6.95. The van der Waals surface area contributed by atoms with Gasteiger partial charge in [-0.05, 0) is 79.5 Å². The lowest BCUT2D eigenvalue weighted by Crippen LogP contribution is -2.22. The van der Waals surface area contributed by atoms with Crippen LogP contribution in [0.5, 0.6) is 0 Å². The van der Waals surface area contributed by atoms with Crippen molar-refractivity contribution in [1.29, 1.82) is 0 Å². The number of pyridine rings is 1. The number of nitrogens with one attached hydrogen (secondary N) is 3. The molecule has 1 aromatic heterocycles. The average Bonchev–Trinajstić information content (AvgIpc) is 3.38. The van der Waals surface area contributed by atoms with E-state index >= 15 is 0 Å². The Labute approximate surface area is 212 Å². The van der Waals surface area contributed by atoms with Crippen LogP contribution in [-0.2, 0) is 17.5 Å². The lowest BCUT2D eigenvalue weighted by molar-refractivity contribution is -0.138. The predicted molar refractivity (Wildman–Crippen MR) is 137 cm³/mol. The molecule has 1 aliphatic rings. The molecule has 0 spiro atoms. The summed E-state index contributed by atoms with van der Waals surface area (Å²) in [6.07, 6.45) is 0.197. The van der Waals surface area contributed by atoms with E-state index in [-0.39, 0.29) is 23.7 Å². The fourth-order valence-corrected chi connectivity index (χ4v) is 4.09. The normalized spacial score (nSPS) is 13.7. The van der Waals surface area contributed by atoms with E-state index in [4.69, 9.17) is 0 Å². The van der Waals surface area contributed by atoms with Crippen LogP contribution in [0.3, 0.4) is 0 Å². The molecule has 4 rings (SSSR count). The molecule has 0 aliphatic carbocycles. The van der Waals surface area contributed by atoms with Crippen molar-refractivity contribution in [2.45, 2.75) is 25.6 Å². The second kappa shape index (κ2) is 11.3. The van der Waals surface area contributed by atoms with Crippen LogP contribution in [0.15, 0.2) is 73.4 Å². The van der Waals surface area contributed by atoms with Gasteiger partial charge in [0.15, 0.2) is 0 Å². The number of likely N-dealkylation sites (tertiary alicyclic amines) is 1. The molecule has 0 radical (unpaired) electrons. The van der Waals surface area contributed by atoms with Crippen LogP contribution < -0.4 is 16.0 Å². The van der Waals surface area contributed by atoms with Crippen LogP contribution in [0.1, 0.15) is 24.0 Å². The summed E-state index contributed by atoms with van der Waals surface area (Å²) in [6.45, 7) is 5.19. The van der Waals surface area contributed by atoms with Crippen molar-refractivity contribution >= 4 is 29.1 Å². The molecule has 192 valence electrons. The smallest absolute Gasteiger partial charge is 0.308 e. The van der Waals surface area contributed by atoms with Crippen molar-refractivity contribution in [3.8, 4) is 11.1 Å². The van der Waals surface area contributed by atoms with Crippen molar-refractivity contribution in [3.63, 3.8) is 0 Å². The zero-order chi connectivity index (χ0) is 26.4. The van der Waals surface area contributed by atoms with E-state index in [0.717, 1.165) is 49.2 Å². The number of aromatic nitrogens is 1. The lowest BCUT2D eigenvalue weighted by atomic mass is 10.1. The maximum absolute atomic E-state index is 13.7. The fourth-order valence-electron chi connectivity index (χ4n) is 4.09. The molecule has 10 heteroatoms. The number of benzene rings is 2. The Balaban J connectivity index is 1.39. The van der Waals surface area contributed by atoms with Crippen LogP contribution in [0.2, 0.25) is 0 Å². The van der Waals surface area contributed by atoms with Crippen molar-refractivity contribution < 1.29 is 22.8 Å². The van der Waals surface area contributed by atoms with E-state index in [1.54, 1.807) is 42.6 Å². The fraction of sp³-hybridized carbons (Fsp3) is 0.222. The Bertz CT molecular complexity index is 1270. The molecule has 7 nitrogen and oxygen atoms in total. The quantitative estimate of drug-likeness (QED) is 0.335. The highest BCUT2D eigenvalue weighted by Crippen LogP contribution is 2.35. The van der Waals surface area contributed by atoms with Gasteiger partial charge in [-0.25, -0.2) is 9.78 Å². The minimum Gasteiger partial charge on any atom is -0.308 e. The highest BCUT2D eigenvalue weighted by atomic mass is 19.4. The summed E-state index contributed by atoms with van der Waals surface area (Å²) < 4.78 is 41.1. The van der Waals surface area contributed by atoms with Gasteiger partial charge in [0.25, 0.3) is 0 Å². The molecule has 0 saturated carbocycles. The minimum absolute atomic E-state index is 0.0568. The van der Waals surface area contributed by atoms with Crippen LogP contribution in [0.25, 0.3) is 11.1 Å². The SMILES string of the molecule is C=CC(=O)Nc1ccc(-c2ccc(NC(=O)Nc3ccc(CN4CCCC4)c(C(F)(F)F)c3)cc2)cn1. The first kappa shape index (κ1) is 25.9. The third-order valence-electron chi connectivity index (χ3n) is 5.94. The van der Waals surface area contributed by atoms with Crippen molar-refractivity contribution in [2.24, 2.45) is 0 Å². The first-order valence-corrected chi connectivity index (χ1v) is 11.7. The molecular weight excluding hydrogens is 483 g/mol. The van der Waals surface area contributed by atoms with Gasteiger partial charge in [0.05, 0.1) is 5.56 Å². The Morgan fingerprint density at radius 3 is 2.19 bits per heavy atom. The standard InChI is InChI=1S/C27H26F3N5O2/c1-2-25(36)34-24-12-8-19(16-31-24)18-5-9-21(10-6-18)32-26(37)33-22-11-7-20(17-35-13-3-4-14-35)23(15-22)27(28,29)30/h2,5-12,15-16H,1,3-4,13-14,17H2,(H,31,34,36)(H2,32,33,37). The Morgan fingerprint density at radius 1 is 0.919 bits per heavy atom. The molecule has 0 unspecified atom stereocenters. The van der Waals surface area contributed by atoms with Crippen LogP contribution >= 0.6 is 0 Å². The summed E-state index contributed by atoms with van der Waals surface area (Å²) in [5, 5.41) is 7.67. The summed E-state index contributed by atoms with van der Waals surface area (Å²) in [5.74, 6) is 0.0305. The molecule has 1 saturated heterocycles. The van der Waals surface area contributed by atoms with Gasteiger partial charge in [-0.15, -0.1) is 0 Å². The van der Waals surface area contributed by atoms with Gasteiger partial charge in [0.1, 0.15) is 5.82 Å². The number of urea groups is 1. The summed E-state index contributed by atoms with van der Waals surface area (Å²) in [5.41, 5.74) is 1.59. The minimum atomic E-state index is -4.52. The number of alkyl halides is 3. The van der Waals surface area contributed by atoms with E-state index in [9.17, 15) is 22.8 Å². The molecule has 1 aliphatic heterocycles. The first-order chi connectivity index (χ1) is 17.7. The number of amides is 3. The van der Waals surface area contributed by atoms with Gasteiger partial charge in [-0.3, -0.25) is 9.69 Å². The van der Waals surface area contributed by atoms with Crippen molar-refractivity contribution in [3.05, 3.63) is 84.6 Å². The Morgan fingerprint density at radius 2 is 1.57 bits per heavy atom. The number of halogens is 3. The van der Waals surface area contributed by atoms with Gasteiger partial charge >= 0.3 is 12.2 Å². The van der Waals surface area contributed by atoms with E-state index < -0.39 is 17.8 Å². The molecule has 3 amide bonds. The molecule has 2 aromatic carbocycles. The van der Waals surface area contributed by atoms with Crippen molar-refractivity contribution in [2.75, 3.05) is 29.0 Å². The number of anilines is 3. The molecule has 3 aromatic rings. The molecule has 0 atom stereocenters. The van der Waals surface area contributed by atoms with Crippen LogP contribution in [-0.4, -0.2) is 34.9 Å². The number of carbonyl (C=O) groups excluding carboxylic acids is 2. The molecule has 37 heavy (non-hydrogen) atoms. The van der Waals surface area contributed by atoms with E-state index in [1.807, 2.05) is 4.90 Å². The second-order valence-corrected chi connectivity index (χ2v) is 8.63. The second-order valence-electron chi connectivity index (χ2n) is 8.63. The maximum Gasteiger partial charge on any atom is 0.416 e. The highest BCUT2D eigenvalue weighted by molar-refractivity contribution is 6.00. The number of hydrogen-bond donors (Lipinski definition) is 3.